The van der Waals surface area contributed by atoms with Crippen LogP contribution in [0.2, 0.25) is 0 Å². The lowest BCUT2D eigenvalue weighted by atomic mass is 9.98. The molecule has 0 heterocycles. The molecule has 2 N–H and O–H groups in total. The van der Waals surface area contributed by atoms with Gasteiger partial charge in [0.25, 0.3) is 0 Å². The first kappa shape index (κ1) is 22.3. The summed E-state index contributed by atoms with van der Waals surface area (Å²) in [5.74, 6) is -1.74. The number of fused-ring (bicyclic) bond motifs is 3. The Hall–Kier alpha value is -3.35. The van der Waals surface area contributed by atoms with Crippen molar-refractivity contribution in [2.24, 2.45) is 0 Å². The molecule has 0 aromatic heterocycles. The largest absolute Gasteiger partial charge is 0.481 e. The van der Waals surface area contributed by atoms with Crippen LogP contribution in [0.3, 0.4) is 0 Å². The molecule has 1 aliphatic rings. The maximum atomic E-state index is 12.7. The van der Waals surface area contributed by atoms with Crippen LogP contribution in [-0.2, 0) is 14.3 Å². The standard InChI is InChI=1S/C24H28N2O5/c1-4-15(2)26(3)23(29)21(13-22(27)28)25-24(30)31-14-20-18-11-7-5-9-16(18)17-10-6-8-12-19(17)20/h5-12,15,20-21H,4,13-14H2,1-3H3,(H,25,30)(H,27,28). The Labute approximate surface area is 182 Å². The summed E-state index contributed by atoms with van der Waals surface area (Å²) in [6.45, 7) is 3.89. The minimum Gasteiger partial charge on any atom is -0.481 e. The molecule has 31 heavy (non-hydrogen) atoms. The number of carboxylic acid groups (broad SMARTS) is 1. The van der Waals surface area contributed by atoms with E-state index in [2.05, 4.69) is 5.32 Å². The highest BCUT2D eigenvalue weighted by atomic mass is 16.5. The molecule has 0 spiro atoms. The third-order valence-corrected chi connectivity index (χ3v) is 5.91. The lowest BCUT2D eigenvalue weighted by Gasteiger charge is -2.28. The van der Waals surface area contributed by atoms with Gasteiger partial charge < -0.3 is 20.1 Å². The fourth-order valence-electron chi connectivity index (χ4n) is 3.89. The van der Waals surface area contributed by atoms with Crippen molar-refractivity contribution in [1.29, 1.82) is 0 Å². The Bertz CT molecular complexity index is 928. The molecular formula is C24H28N2O5. The predicted molar refractivity (Wildman–Crippen MR) is 117 cm³/mol. The molecule has 0 radical (unpaired) electrons. The minimum absolute atomic E-state index is 0.0758. The zero-order valence-electron chi connectivity index (χ0n) is 18.0. The molecule has 7 heteroatoms. The SMILES string of the molecule is CCC(C)N(C)C(=O)C(CC(=O)O)NC(=O)OCC1c2ccccc2-c2ccccc21. The first-order valence-electron chi connectivity index (χ1n) is 10.4. The van der Waals surface area contributed by atoms with Gasteiger partial charge in [0.2, 0.25) is 5.91 Å². The maximum Gasteiger partial charge on any atom is 0.407 e. The van der Waals surface area contributed by atoms with Crippen molar-refractivity contribution in [1.82, 2.24) is 10.2 Å². The number of nitrogens with zero attached hydrogens (tertiary/aromatic N) is 1. The molecule has 2 aromatic rings. The molecule has 0 saturated heterocycles. The number of benzene rings is 2. The summed E-state index contributed by atoms with van der Waals surface area (Å²) < 4.78 is 5.45. The van der Waals surface area contributed by atoms with E-state index in [1.165, 1.54) is 4.90 Å². The molecule has 2 unspecified atom stereocenters. The van der Waals surface area contributed by atoms with E-state index in [-0.39, 0.29) is 18.6 Å². The van der Waals surface area contributed by atoms with Gasteiger partial charge in [0.05, 0.1) is 6.42 Å². The second kappa shape index (κ2) is 9.64. The van der Waals surface area contributed by atoms with Crippen molar-refractivity contribution in [2.45, 2.75) is 44.7 Å². The van der Waals surface area contributed by atoms with Gasteiger partial charge in [-0.3, -0.25) is 9.59 Å². The van der Waals surface area contributed by atoms with Crippen molar-refractivity contribution < 1.29 is 24.2 Å². The van der Waals surface area contributed by atoms with E-state index >= 15 is 0 Å². The van der Waals surface area contributed by atoms with Crippen molar-refractivity contribution >= 4 is 18.0 Å². The van der Waals surface area contributed by atoms with Gasteiger partial charge in [-0.1, -0.05) is 55.5 Å². The number of carboxylic acids is 1. The fourth-order valence-corrected chi connectivity index (χ4v) is 3.89. The van der Waals surface area contributed by atoms with E-state index in [1.807, 2.05) is 62.4 Å². The number of rotatable bonds is 8. The number of likely N-dealkylation sites (N-methyl/N-ethyl adjacent to an activating group) is 1. The number of carbonyl (C=O) groups excluding carboxylic acids is 2. The second-order valence-corrected chi connectivity index (χ2v) is 7.83. The van der Waals surface area contributed by atoms with Gasteiger partial charge in [0.1, 0.15) is 12.6 Å². The third-order valence-electron chi connectivity index (χ3n) is 5.91. The Balaban J connectivity index is 1.69. The molecule has 0 fully saturated rings. The summed E-state index contributed by atoms with van der Waals surface area (Å²) >= 11 is 0. The molecule has 0 aliphatic heterocycles. The van der Waals surface area contributed by atoms with Crippen molar-refractivity contribution in [3.05, 3.63) is 59.7 Å². The van der Waals surface area contributed by atoms with Crippen molar-refractivity contribution in [2.75, 3.05) is 13.7 Å². The van der Waals surface area contributed by atoms with E-state index < -0.39 is 30.4 Å². The minimum atomic E-state index is -1.19. The number of carbonyl (C=O) groups is 3. The van der Waals surface area contributed by atoms with Gasteiger partial charge >= 0.3 is 12.1 Å². The quantitative estimate of drug-likeness (QED) is 0.675. The fraction of sp³-hybridized carbons (Fsp3) is 0.375. The first-order valence-corrected chi connectivity index (χ1v) is 10.4. The van der Waals surface area contributed by atoms with Crippen LogP contribution in [0, 0.1) is 0 Å². The number of aliphatic carboxylic acids is 1. The van der Waals surface area contributed by atoms with Crippen molar-refractivity contribution in [3.8, 4) is 11.1 Å². The van der Waals surface area contributed by atoms with Crippen molar-refractivity contribution in [3.63, 3.8) is 0 Å². The molecule has 1 aliphatic carbocycles. The molecule has 7 nitrogen and oxygen atoms in total. The van der Waals surface area contributed by atoms with Gasteiger partial charge in [-0.25, -0.2) is 4.79 Å². The van der Waals surface area contributed by atoms with E-state index in [0.717, 1.165) is 22.3 Å². The third kappa shape index (κ3) is 4.87. The topological polar surface area (TPSA) is 95.9 Å². The first-order chi connectivity index (χ1) is 14.8. The summed E-state index contributed by atoms with van der Waals surface area (Å²) in [6, 6.07) is 14.7. The lowest BCUT2D eigenvalue weighted by molar-refractivity contribution is -0.142. The van der Waals surface area contributed by atoms with Crippen LogP contribution >= 0.6 is 0 Å². The van der Waals surface area contributed by atoms with Gasteiger partial charge in [-0.2, -0.15) is 0 Å². The van der Waals surface area contributed by atoms with E-state index in [9.17, 15) is 19.5 Å². The predicted octanol–water partition coefficient (Wildman–Crippen LogP) is 3.63. The van der Waals surface area contributed by atoms with E-state index in [0.29, 0.717) is 6.42 Å². The Morgan fingerprint density at radius 3 is 2.13 bits per heavy atom. The van der Waals surface area contributed by atoms with Crippen LogP contribution in [0.5, 0.6) is 0 Å². The molecule has 2 amide bonds. The zero-order valence-corrected chi connectivity index (χ0v) is 18.0. The smallest absolute Gasteiger partial charge is 0.407 e. The highest BCUT2D eigenvalue weighted by Gasteiger charge is 2.31. The molecule has 0 saturated carbocycles. The second-order valence-electron chi connectivity index (χ2n) is 7.83. The number of alkyl carbamates (subject to hydrolysis) is 1. The summed E-state index contributed by atoms with van der Waals surface area (Å²) in [5, 5.41) is 11.6. The normalized spacial score (nSPS) is 14.2. The number of ether oxygens (including phenoxy) is 1. The average molecular weight is 424 g/mol. The van der Waals surface area contributed by atoms with Crippen LogP contribution < -0.4 is 5.32 Å². The molecule has 3 rings (SSSR count). The molecule has 2 atom stereocenters. The van der Waals surface area contributed by atoms with E-state index in [4.69, 9.17) is 4.74 Å². The van der Waals surface area contributed by atoms with Crippen LogP contribution in [-0.4, -0.2) is 53.7 Å². The van der Waals surface area contributed by atoms with Crippen LogP contribution in [0.25, 0.3) is 11.1 Å². The molecule has 2 aromatic carbocycles. The summed E-state index contributed by atoms with van der Waals surface area (Å²) in [5.41, 5.74) is 4.37. The Morgan fingerprint density at radius 1 is 1.06 bits per heavy atom. The zero-order chi connectivity index (χ0) is 22.5. The Kier molecular flexibility index (Phi) is 6.95. The van der Waals surface area contributed by atoms with Gasteiger partial charge in [-0.15, -0.1) is 0 Å². The summed E-state index contributed by atoms with van der Waals surface area (Å²) in [7, 11) is 1.60. The molecule has 164 valence electrons. The molecule has 0 bridgehead atoms. The summed E-state index contributed by atoms with van der Waals surface area (Å²) in [4.78, 5) is 37.9. The average Bonchev–Trinajstić information content (AvgIpc) is 3.09. The maximum absolute atomic E-state index is 12.7. The lowest BCUT2D eigenvalue weighted by Crippen LogP contribution is -2.50. The number of hydrogen-bond donors (Lipinski definition) is 2. The summed E-state index contributed by atoms with van der Waals surface area (Å²) in [6.07, 6.45) is -0.601. The van der Waals surface area contributed by atoms with Crippen LogP contribution in [0.4, 0.5) is 4.79 Å². The van der Waals surface area contributed by atoms with Gasteiger partial charge in [0.15, 0.2) is 0 Å². The number of amides is 2. The number of hydrogen-bond acceptors (Lipinski definition) is 4. The number of nitrogens with one attached hydrogen (secondary N) is 1. The Morgan fingerprint density at radius 2 is 1.61 bits per heavy atom. The van der Waals surface area contributed by atoms with Gasteiger partial charge in [0, 0.05) is 19.0 Å². The highest BCUT2D eigenvalue weighted by molar-refractivity contribution is 5.89. The highest BCUT2D eigenvalue weighted by Crippen LogP contribution is 2.44. The monoisotopic (exact) mass is 424 g/mol. The van der Waals surface area contributed by atoms with Crippen LogP contribution in [0.1, 0.15) is 43.7 Å². The molecular weight excluding hydrogens is 396 g/mol. The van der Waals surface area contributed by atoms with E-state index in [1.54, 1.807) is 7.05 Å². The van der Waals surface area contributed by atoms with Gasteiger partial charge in [-0.05, 0) is 35.6 Å². The van der Waals surface area contributed by atoms with Crippen LogP contribution in [0.15, 0.2) is 48.5 Å².